The molecule has 0 saturated heterocycles. The van der Waals surface area contributed by atoms with E-state index in [1.807, 2.05) is 18.2 Å². The predicted octanol–water partition coefficient (Wildman–Crippen LogP) is 5.51. The molecule has 0 aliphatic carbocycles. The second-order valence-electron chi connectivity index (χ2n) is 8.42. The lowest BCUT2D eigenvalue weighted by atomic mass is 9.87. The van der Waals surface area contributed by atoms with E-state index >= 15 is 0 Å². The topological polar surface area (TPSA) is 64.7 Å². The lowest BCUT2D eigenvalue weighted by Gasteiger charge is -2.18. The summed E-state index contributed by atoms with van der Waals surface area (Å²) in [4.78, 5) is 0. The molecule has 4 aromatic rings. The van der Waals surface area contributed by atoms with E-state index in [0.717, 1.165) is 16.6 Å². The predicted molar refractivity (Wildman–Crippen MR) is 107 cm³/mol. The smallest absolute Gasteiger partial charge is 0.135 e. The van der Waals surface area contributed by atoms with Crippen LogP contribution in [0.15, 0.2) is 41.0 Å². The van der Waals surface area contributed by atoms with Crippen molar-refractivity contribution in [3.63, 3.8) is 0 Å². The molecule has 0 fully saturated rings. The van der Waals surface area contributed by atoms with Crippen LogP contribution in [0.3, 0.4) is 0 Å². The molecule has 0 amide bonds. The van der Waals surface area contributed by atoms with Crippen molar-refractivity contribution in [3.8, 4) is 0 Å². The first-order chi connectivity index (χ1) is 12.1. The first-order valence-electron chi connectivity index (χ1n) is 8.60. The molecule has 2 aromatic heterocycles. The van der Waals surface area contributed by atoms with Crippen LogP contribution in [0.25, 0.3) is 21.3 Å². The molecule has 0 unspecified atom stereocenters. The summed E-state index contributed by atoms with van der Waals surface area (Å²) < 4.78 is 9.72. The van der Waals surface area contributed by atoms with Crippen LogP contribution in [0, 0.1) is 0 Å². The van der Waals surface area contributed by atoms with Crippen molar-refractivity contribution in [2.45, 2.75) is 52.4 Å². The minimum Gasteiger partial charge on any atom is -0.243 e. The fourth-order valence-electron chi connectivity index (χ4n) is 2.49. The van der Waals surface area contributed by atoms with Crippen molar-refractivity contribution in [1.82, 2.24) is 19.9 Å². The van der Waals surface area contributed by atoms with Gasteiger partial charge in [0.25, 0.3) is 0 Å². The van der Waals surface area contributed by atoms with Gasteiger partial charge in [-0.2, -0.15) is 0 Å². The number of rotatable bonds is 0. The summed E-state index contributed by atoms with van der Waals surface area (Å²) in [5, 5.41) is 11.6. The molecule has 5 nitrogen and oxygen atoms in total. The Labute approximate surface area is 157 Å². The summed E-state index contributed by atoms with van der Waals surface area (Å²) in [6, 6.07) is 12.4. The van der Waals surface area contributed by atoms with Crippen LogP contribution in [0.1, 0.15) is 52.7 Å². The van der Waals surface area contributed by atoms with E-state index in [2.05, 4.69) is 84.3 Å². The van der Waals surface area contributed by atoms with Crippen molar-refractivity contribution >= 4 is 32.8 Å². The molecule has 26 heavy (non-hydrogen) atoms. The molecule has 0 radical (unpaired) electrons. The standard InChI is InChI=1S/C10H12N2O.C10H12N2S/c1-10(2,3)7-4-5-8-9(6-7)12-13-11-8;1-10(2,3)7-4-5-8-9(6-7)13-12-11-8/h2*4-6H,1-3H3. The Morgan fingerprint density at radius 2 is 1.31 bits per heavy atom. The van der Waals surface area contributed by atoms with Crippen molar-refractivity contribution in [3.05, 3.63) is 47.5 Å². The zero-order chi connectivity index (χ0) is 18.9. The molecule has 0 saturated carbocycles. The third kappa shape index (κ3) is 4.07. The Morgan fingerprint density at radius 3 is 1.96 bits per heavy atom. The van der Waals surface area contributed by atoms with E-state index in [-0.39, 0.29) is 10.8 Å². The lowest BCUT2D eigenvalue weighted by molar-refractivity contribution is 0.315. The first-order valence-corrected chi connectivity index (χ1v) is 9.37. The maximum atomic E-state index is 4.63. The van der Waals surface area contributed by atoms with E-state index in [0.29, 0.717) is 0 Å². The lowest BCUT2D eigenvalue weighted by Crippen LogP contribution is -2.10. The highest BCUT2D eigenvalue weighted by Gasteiger charge is 2.15. The fraction of sp³-hybridized carbons (Fsp3) is 0.400. The molecule has 0 aliphatic heterocycles. The van der Waals surface area contributed by atoms with E-state index in [1.165, 1.54) is 27.4 Å². The average molecular weight is 369 g/mol. The van der Waals surface area contributed by atoms with Crippen molar-refractivity contribution < 1.29 is 4.63 Å². The molecule has 0 N–H and O–H groups in total. The van der Waals surface area contributed by atoms with Crippen LogP contribution in [0.5, 0.6) is 0 Å². The monoisotopic (exact) mass is 368 g/mol. The molecule has 2 aromatic carbocycles. The van der Waals surface area contributed by atoms with Crippen LogP contribution in [-0.4, -0.2) is 19.9 Å². The minimum atomic E-state index is 0.146. The summed E-state index contributed by atoms with van der Waals surface area (Å²) in [6.07, 6.45) is 0. The van der Waals surface area contributed by atoms with Gasteiger partial charge in [0, 0.05) is 0 Å². The van der Waals surface area contributed by atoms with E-state index < -0.39 is 0 Å². The van der Waals surface area contributed by atoms with Crippen molar-refractivity contribution in [2.75, 3.05) is 0 Å². The van der Waals surface area contributed by atoms with Crippen molar-refractivity contribution in [1.29, 1.82) is 0 Å². The molecular weight excluding hydrogens is 344 g/mol. The van der Waals surface area contributed by atoms with Gasteiger partial charge >= 0.3 is 0 Å². The molecule has 0 aliphatic rings. The second kappa shape index (κ2) is 6.76. The van der Waals surface area contributed by atoms with Gasteiger partial charge in [0.05, 0.1) is 4.70 Å². The number of hydrogen-bond donors (Lipinski definition) is 0. The highest BCUT2D eigenvalue weighted by atomic mass is 32.1. The number of fused-ring (bicyclic) bond motifs is 2. The molecule has 0 bridgehead atoms. The van der Waals surface area contributed by atoms with Gasteiger partial charge in [0.2, 0.25) is 0 Å². The maximum absolute atomic E-state index is 4.63. The van der Waals surface area contributed by atoms with Gasteiger partial charge in [0.15, 0.2) is 0 Å². The van der Waals surface area contributed by atoms with Crippen LogP contribution in [0.4, 0.5) is 0 Å². The molecule has 0 atom stereocenters. The summed E-state index contributed by atoms with van der Waals surface area (Å²) in [7, 11) is 0. The first kappa shape index (κ1) is 18.5. The van der Waals surface area contributed by atoms with E-state index in [4.69, 9.17) is 0 Å². The molecule has 2 heterocycles. The Hall–Kier alpha value is -2.34. The van der Waals surface area contributed by atoms with E-state index in [9.17, 15) is 0 Å². The number of nitrogens with zero attached hydrogens (tertiary/aromatic N) is 4. The quantitative estimate of drug-likeness (QED) is 0.409. The third-order valence-electron chi connectivity index (χ3n) is 4.23. The van der Waals surface area contributed by atoms with Crippen LogP contribution in [-0.2, 0) is 10.8 Å². The van der Waals surface area contributed by atoms with Crippen LogP contribution >= 0.6 is 11.5 Å². The van der Waals surface area contributed by atoms with Gasteiger partial charge in [-0.25, -0.2) is 4.63 Å². The zero-order valence-corrected chi connectivity index (χ0v) is 16.9. The number of benzene rings is 2. The number of aromatic nitrogens is 4. The molecular formula is C20H24N4OS. The summed E-state index contributed by atoms with van der Waals surface area (Å²) in [5.74, 6) is 0. The Balaban J connectivity index is 0.000000151. The molecule has 0 spiro atoms. The highest BCUT2D eigenvalue weighted by Crippen LogP contribution is 2.26. The van der Waals surface area contributed by atoms with Gasteiger partial charge in [-0.15, -0.1) is 5.10 Å². The number of hydrogen-bond acceptors (Lipinski definition) is 6. The Morgan fingerprint density at radius 1 is 0.731 bits per heavy atom. The van der Waals surface area contributed by atoms with Gasteiger partial charge < -0.3 is 0 Å². The third-order valence-corrected chi connectivity index (χ3v) is 4.92. The molecule has 4 rings (SSSR count). The van der Waals surface area contributed by atoms with Crippen LogP contribution < -0.4 is 0 Å². The van der Waals surface area contributed by atoms with Gasteiger partial charge in [-0.05, 0) is 68.1 Å². The van der Waals surface area contributed by atoms with Crippen molar-refractivity contribution in [2.24, 2.45) is 0 Å². The second-order valence-corrected chi connectivity index (χ2v) is 9.21. The average Bonchev–Trinajstić information content (AvgIpc) is 3.21. The highest BCUT2D eigenvalue weighted by molar-refractivity contribution is 7.12. The summed E-state index contributed by atoms with van der Waals surface area (Å²) in [6.45, 7) is 13.1. The van der Waals surface area contributed by atoms with Gasteiger partial charge in [-0.1, -0.05) is 58.2 Å². The zero-order valence-electron chi connectivity index (χ0n) is 16.1. The van der Waals surface area contributed by atoms with Crippen LogP contribution in [0.2, 0.25) is 0 Å². The van der Waals surface area contributed by atoms with Gasteiger partial charge in [-0.3, -0.25) is 0 Å². The summed E-state index contributed by atoms with van der Waals surface area (Å²) >= 11 is 1.46. The van der Waals surface area contributed by atoms with Gasteiger partial charge in [0.1, 0.15) is 16.6 Å². The summed E-state index contributed by atoms with van der Waals surface area (Å²) in [5.41, 5.74) is 5.57. The van der Waals surface area contributed by atoms with E-state index in [1.54, 1.807) is 0 Å². The fourth-order valence-corrected chi connectivity index (χ4v) is 3.09. The largest absolute Gasteiger partial charge is 0.243 e. The SMILES string of the molecule is CC(C)(C)c1ccc2nnsc2c1.CC(C)(C)c1ccc2nonc2c1. The molecule has 136 valence electrons. The normalized spacial score (nSPS) is 12.2. The molecule has 6 heteroatoms. The maximum Gasteiger partial charge on any atom is 0.135 e. The Bertz CT molecular complexity index is 937. The minimum absolute atomic E-state index is 0.146. The Kier molecular flexibility index (Phi) is 4.80.